The Morgan fingerprint density at radius 3 is 2.58 bits per heavy atom. The lowest BCUT2D eigenvalue weighted by Crippen LogP contribution is -2.32. The Hall–Kier alpha value is -2.22. The lowest BCUT2D eigenvalue weighted by molar-refractivity contribution is 0.0789. The molecular formula is C19H23N3O3S. The summed E-state index contributed by atoms with van der Waals surface area (Å²) in [4.78, 5) is 14.6. The zero-order chi connectivity index (χ0) is 18.7. The number of carbonyl (C=O) groups is 1. The van der Waals surface area contributed by atoms with Crippen LogP contribution in [0.1, 0.15) is 28.8 Å². The van der Waals surface area contributed by atoms with Gasteiger partial charge in [0.05, 0.1) is 4.90 Å². The number of carbonyl (C=O) groups excluding carboxylic acids is 1. The average Bonchev–Trinajstić information content (AvgIpc) is 3.03. The molecule has 0 radical (unpaired) electrons. The highest BCUT2D eigenvalue weighted by molar-refractivity contribution is 7.89. The Bertz CT molecular complexity index is 884. The van der Waals surface area contributed by atoms with Gasteiger partial charge in [0.15, 0.2) is 0 Å². The van der Waals surface area contributed by atoms with Crippen molar-refractivity contribution in [3.8, 4) is 0 Å². The molecule has 1 amide bonds. The highest BCUT2D eigenvalue weighted by atomic mass is 32.2. The number of likely N-dealkylation sites (tertiary alicyclic amines) is 1. The fraction of sp³-hybridized carbons (Fsp3) is 0.316. The first kappa shape index (κ1) is 18.6. The number of hydrogen-bond acceptors (Lipinski definition) is 4. The van der Waals surface area contributed by atoms with Gasteiger partial charge in [-0.25, -0.2) is 13.1 Å². The number of hydrogen-bond donors (Lipinski definition) is 2. The molecule has 1 aliphatic heterocycles. The van der Waals surface area contributed by atoms with Crippen LogP contribution in [-0.2, 0) is 10.0 Å². The van der Waals surface area contributed by atoms with E-state index in [2.05, 4.69) is 4.72 Å². The summed E-state index contributed by atoms with van der Waals surface area (Å²) in [6.07, 6.45) is 0. The minimum atomic E-state index is -3.60. The normalized spacial score (nSPS) is 20.3. The topological polar surface area (TPSA) is 92.5 Å². The van der Waals surface area contributed by atoms with Crippen LogP contribution < -0.4 is 10.5 Å². The van der Waals surface area contributed by atoms with Crippen LogP contribution in [0.4, 0.5) is 0 Å². The van der Waals surface area contributed by atoms with Gasteiger partial charge in [0, 0.05) is 37.2 Å². The van der Waals surface area contributed by atoms with Crippen LogP contribution >= 0.6 is 0 Å². The predicted molar refractivity (Wildman–Crippen MR) is 100 cm³/mol. The van der Waals surface area contributed by atoms with Crippen molar-refractivity contribution in [1.82, 2.24) is 9.62 Å². The molecule has 0 bridgehead atoms. The Morgan fingerprint density at radius 2 is 1.88 bits per heavy atom. The lowest BCUT2D eigenvalue weighted by Gasteiger charge is -2.17. The maximum Gasteiger partial charge on any atom is 0.253 e. The van der Waals surface area contributed by atoms with E-state index in [1.165, 1.54) is 12.1 Å². The molecule has 6 nitrogen and oxygen atoms in total. The zero-order valence-electron chi connectivity index (χ0n) is 14.6. The van der Waals surface area contributed by atoms with Crippen LogP contribution in [0.25, 0.3) is 0 Å². The number of benzene rings is 2. The van der Waals surface area contributed by atoms with Crippen molar-refractivity contribution in [3.05, 3.63) is 65.7 Å². The minimum absolute atomic E-state index is 0.0776. The molecule has 1 aliphatic rings. The summed E-state index contributed by atoms with van der Waals surface area (Å²) in [6.45, 7) is 2.97. The Morgan fingerprint density at radius 1 is 1.15 bits per heavy atom. The highest BCUT2D eigenvalue weighted by Crippen LogP contribution is 2.27. The molecule has 2 atom stereocenters. The smallest absolute Gasteiger partial charge is 0.253 e. The van der Waals surface area contributed by atoms with E-state index in [9.17, 15) is 13.2 Å². The van der Waals surface area contributed by atoms with E-state index in [0.29, 0.717) is 25.2 Å². The summed E-state index contributed by atoms with van der Waals surface area (Å²) in [5.41, 5.74) is 7.72. The van der Waals surface area contributed by atoms with Crippen molar-refractivity contribution in [2.75, 3.05) is 19.6 Å². The molecule has 2 aromatic rings. The second kappa shape index (κ2) is 7.57. The second-order valence-corrected chi connectivity index (χ2v) is 8.19. The average molecular weight is 373 g/mol. The van der Waals surface area contributed by atoms with Gasteiger partial charge in [-0.2, -0.15) is 0 Å². The Balaban J connectivity index is 1.80. The summed E-state index contributed by atoms with van der Waals surface area (Å²) in [7, 11) is -3.60. The van der Waals surface area contributed by atoms with Crippen LogP contribution in [0.15, 0.2) is 59.5 Å². The maximum absolute atomic E-state index is 12.9. The molecule has 0 aliphatic carbocycles. The van der Waals surface area contributed by atoms with Crippen LogP contribution in [-0.4, -0.2) is 44.9 Å². The molecule has 1 fully saturated rings. The highest BCUT2D eigenvalue weighted by Gasteiger charge is 2.34. The van der Waals surface area contributed by atoms with Crippen LogP contribution in [0.3, 0.4) is 0 Å². The largest absolute Gasteiger partial charge is 0.336 e. The number of nitrogens with one attached hydrogen (secondary N) is 1. The van der Waals surface area contributed by atoms with E-state index < -0.39 is 10.0 Å². The number of rotatable bonds is 5. The van der Waals surface area contributed by atoms with Gasteiger partial charge in [0.25, 0.3) is 5.91 Å². The molecule has 138 valence electrons. The number of amides is 1. The van der Waals surface area contributed by atoms with Gasteiger partial charge in [-0.05, 0) is 23.8 Å². The van der Waals surface area contributed by atoms with Gasteiger partial charge in [0.2, 0.25) is 10.0 Å². The predicted octanol–water partition coefficient (Wildman–Crippen LogP) is 1.55. The Kier molecular flexibility index (Phi) is 5.41. The summed E-state index contributed by atoms with van der Waals surface area (Å²) < 4.78 is 26.8. The molecule has 3 rings (SSSR count). The summed E-state index contributed by atoms with van der Waals surface area (Å²) in [6, 6.07) is 15.9. The summed E-state index contributed by atoms with van der Waals surface area (Å²) in [5, 5.41) is 0. The van der Waals surface area contributed by atoms with Gasteiger partial charge in [0.1, 0.15) is 0 Å². The standard InChI is InChI=1S/C19H23N3O3S/c1-2-21-26(24,25)16-10-6-9-15(11-16)19(23)22-12-17(18(20)13-22)14-7-4-3-5-8-14/h3-11,17-18,21H,2,12-13,20H2,1H3/t17-,18+/m0/s1. The molecule has 0 aromatic heterocycles. The van der Waals surface area contributed by atoms with E-state index in [4.69, 9.17) is 5.73 Å². The van der Waals surface area contributed by atoms with E-state index in [1.807, 2.05) is 30.3 Å². The Labute approximate surface area is 154 Å². The molecule has 3 N–H and O–H groups in total. The van der Waals surface area contributed by atoms with Crippen molar-refractivity contribution >= 4 is 15.9 Å². The lowest BCUT2D eigenvalue weighted by atomic mass is 9.95. The number of nitrogens with zero attached hydrogens (tertiary/aromatic N) is 1. The van der Waals surface area contributed by atoms with Crippen LogP contribution in [0.5, 0.6) is 0 Å². The van der Waals surface area contributed by atoms with E-state index in [1.54, 1.807) is 24.0 Å². The summed E-state index contributed by atoms with van der Waals surface area (Å²) >= 11 is 0. The second-order valence-electron chi connectivity index (χ2n) is 6.42. The quantitative estimate of drug-likeness (QED) is 0.832. The number of sulfonamides is 1. The van der Waals surface area contributed by atoms with Gasteiger partial charge in [-0.1, -0.05) is 43.3 Å². The first-order valence-electron chi connectivity index (χ1n) is 8.62. The molecule has 0 saturated carbocycles. The van der Waals surface area contributed by atoms with Crippen LogP contribution in [0.2, 0.25) is 0 Å². The van der Waals surface area contributed by atoms with E-state index >= 15 is 0 Å². The van der Waals surface area contributed by atoms with Crippen LogP contribution in [0, 0.1) is 0 Å². The van der Waals surface area contributed by atoms with Crippen molar-refractivity contribution in [2.24, 2.45) is 5.73 Å². The third kappa shape index (κ3) is 3.80. The zero-order valence-corrected chi connectivity index (χ0v) is 15.4. The molecule has 0 unspecified atom stereocenters. The van der Waals surface area contributed by atoms with Gasteiger partial charge in [-0.3, -0.25) is 4.79 Å². The molecule has 26 heavy (non-hydrogen) atoms. The molecule has 1 saturated heterocycles. The fourth-order valence-corrected chi connectivity index (χ4v) is 4.39. The van der Waals surface area contributed by atoms with Gasteiger partial charge < -0.3 is 10.6 Å². The third-order valence-electron chi connectivity index (χ3n) is 4.61. The molecule has 7 heteroatoms. The van der Waals surface area contributed by atoms with Crippen molar-refractivity contribution < 1.29 is 13.2 Å². The first-order chi connectivity index (χ1) is 12.4. The first-order valence-corrected chi connectivity index (χ1v) is 10.1. The molecule has 1 heterocycles. The van der Waals surface area contributed by atoms with E-state index in [0.717, 1.165) is 5.56 Å². The van der Waals surface area contributed by atoms with Crippen molar-refractivity contribution in [3.63, 3.8) is 0 Å². The fourth-order valence-electron chi connectivity index (χ4n) is 3.30. The maximum atomic E-state index is 12.9. The monoisotopic (exact) mass is 373 g/mol. The summed E-state index contributed by atoms with van der Waals surface area (Å²) in [5.74, 6) is -0.124. The molecular weight excluding hydrogens is 350 g/mol. The molecule has 2 aromatic carbocycles. The van der Waals surface area contributed by atoms with Crippen molar-refractivity contribution in [1.29, 1.82) is 0 Å². The van der Waals surface area contributed by atoms with Gasteiger partial charge >= 0.3 is 0 Å². The SMILES string of the molecule is CCNS(=O)(=O)c1cccc(C(=O)N2C[C@@H](N)[C@H](c3ccccc3)C2)c1. The van der Waals surface area contributed by atoms with Crippen molar-refractivity contribution in [2.45, 2.75) is 23.8 Å². The van der Waals surface area contributed by atoms with E-state index in [-0.39, 0.29) is 22.8 Å². The molecule has 0 spiro atoms. The third-order valence-corrected chi connectivity index (χ3v) is 6.15. The number of nitrogens with two attached hydrogens (primary N) is 1. The van der Waals surface area contributed by atoms with Gasteiger partial charge in [-0.15, -0.1) is 0 Å². The minimum Gasteiger partial charge on any atom is -0.336 e.